The van der Waals surface area contributed by atoms with E-state index >= 15 is 0 Å². The smallest absolute Gasteiger partial charge is 0.244 e. The van der Waals surface area contributed by atoms with Gasteiger partial charge in [-0.25, -0.2) is 0 Å². The van der Waals surface area contributed by atoms with Gasteiger partial charge in [0.2, 0.25) is 5.91 Å². The second-order valence-electron chi connectivity index (χ2n) is 8.06. The molecular formula is C26H29NO4. The van der Waals surface area contributed by atoms with Crippen molar-refractivity contribution in [3.8, 4) is 11.5 Å². The zero-order valence-electron chi connectivity index (χ0n) is 18.6. The highest BCUT2D eigenvalue weighted by molar-refractivity contribution is 5.98. The van der Waals surface area contributed by atoms with Gasteiger partial charge >= 0.3 is 0 Å². The van der Waals surface area contributed by atoms with Crippen molar-refractivity contribution in [1.82, 2.24) is 5.32 Å². The van der Waals surface area contributed by atoms with Crippen molar-refractivity contribution in [2.45, 2.75) is 46.1 Å². The van der Waals surface area contributed by atoms with Crippen molar-refractivity contribution in [2.24, 2.45) is 0 Å². The summed E-state index contributed by atoms with van der Waals surface area (Å²) in [5.41, 5.74) is 6.01. The lowest BCUT2D eigenvalue weighted by molar-refractivity contribution is -0.116. The minimum atomic E-state index is -0.137. The van der Waals surface area contributed by atoms with Crippen molar-refractivity contribution in [1.29, 1.82) is 0 Å². The minimum absolute atomic E-state index is 0.137. The highest BCUT2D eigenvalue weighted by atomic mass is 16.5. The summed E-state index contributed by atoms with van der Waals surface area (Å²) in [5, 5.41) is 4.10. The number of nitrogens with one attached hydrogen (secondary N) is 1. The summed E-state index contributed by atoms with van der Waals surface area (Å²) in [7, 11) is 3.30. The van der Waals surface area contributed by atoms with Crippen LogP contribution in [0.1, 0.15) is 47.8 Å². The Morgan fingerprint density at radius 1 is 1.13 bits per heavy atom. The fourth-order valence-electron chi connectivity index (χ4n) is 4.35. The summed E-state index contributed by atoms with van der Waals surface area (Å²) in [4.78, 5) is 12.6. The number of methoxy groups -OCH3 is 2. The molecular weight excluding hydrogens is 390 g/mol. The first kappa shape index (κ1) is 21.0. The lowest BCUT2D eigenvalue weighted by atomic mass is 9.93. The van der Waals surface area contributed by atoms with Gasteiger partial charge in [0.1, 0.15) is 22.8 Å². The van der Waals surface area contributed by atoms with Crippen LogP contribution in [0.15, 0.2) is 40.8 Å². The van der Waals surface area contributed by atoms with E-state index in [9.17, 15) is 4.79 Å². The van der Waals surface area contributed by atoms with E-state index in [1.807, 2.05) is 38.1 Å². The number of fused-ring (bicyclic) bond motifs is 3. The first-order valence-corrected chi connectivity index (χ1v) is 10.7. The summed E-state index contributed by atoms with van der Waals surface area (Å²) in [6.07, 6.45) is 6.02. The van der Waals surface area contributed by atoms with Gasteiger partial charge in [-0.1, -0.05) is 12.1 Å². The maximum Gasteiger partial charge on any atom is 0.244 e. The van der Waals surface area contributed by atoms with Crippen LogP contribution in [0.3, 0.4) is 0 Å². The van der Waals surface area contributed by atoms with Gasteiger partial charge in [0.15, 0.2) is 0 Å². The summed E-state index contributed by atoms with van der Waals surface area (Å²) in [5.74, 6) is 2.52. The van der Waals surface area contributed by atoms with E-state index in [4.69, 9.17) is 13.9 Å². The maximum atomic E-state index is 12.6. The number of allylic oxidation sites excluding steroid dienone is 1. The van der Waals surface area contributed by atoms with Gasteiger partial charge in [-0.2, -0.15) is 0 Å². The van der Waals surface area contributed by atoms with Crippen LogP contribution in [0.5, 0.6) is 11.5 Å². The molecule has 1 aliphatic rings. The highest BCUT2D eigenvalue weighted by Gasteiger charge is 2.23. The van der Waals surface area contributed by atoms with Gasteiger partial charge < -0.3 is 19.2 Å². The Morgan fingerprint density at radius 2 is 1.87 bits per heavy atom. The van der Waals surface area contributed by atoms with Crippen LogP contribution in [0.4, 0.5) is 0 Å². The predicted octanol–water partition coefficient (Wildman–Crippen LogP) is 5.36. The van der Waals surface area contributed by atoms with E-state index in [2.05, 4.69) is 11.4 Å². The Labute approximate surface area is 183 Å². The molecule has 4 rings (SSSR count). The summed E-state index contributed by atoms with van der Waals surface area (Å²) >= 11 is 0. The average Bonchev–Trinajstić information content (AvgIpc) is 3.17. The topological polar surface area (TPSA) is 60.7 Å². The van der Waals surface area contributed by atoms with Gasteiger partial charge in [0.25, 0.3) is 0 Å². The second-order valence-corrected chi connectivity index (χ2v) is 8.06. The molecule has 3 aromatic rings. The van der Waals surface area contributed by atoms with E-state index in [0.717, 1.165) is 63.3 Å². The second kappa shape index (κ2) is 8.88. The summed E-state index contributed by atoms with van der Waals surface area (Å²) < 4.78 is 17.1. The summed E-state index contributed by atoms with van der Waals surface area (Å²) in [6.45, 7) is 4.43. The van der Waals surface area contributed by atoms with Gasteiger partial charge in [-0.15, -0.1) is 0 Å². The molecule has 0 saturated carbocycles. The van der Waals surface area contributed by atoms with E-state index in [0.29, 0.717) is 6.54 Å². The number of hydrogen-bond acceptors (Lipinski definition) is 4. The van der Waals surface area contributed by atoms with Crippen LogP contribution in [-0.2, 0) is 24.2 Å². The molecule has 0 saturated heterocycles. The molecule has 5 heteroatoms. The predicted molar refractivity (Wildman–Crippen MR) is 123 cm³/mol. The number of hydrogen-bond donors (Lipinski definition) is 1. The van der Waals surface area contributed by atoms with Crippen molar-refractivity contribution >= 4 is 22.4 Å². The van der Waals surface area contributed by atoms with Crippen molar-refractivity contribution in [3.05, 3.63) is 64.4 Å². The number of benzene rings is 2. The lowest BCUT2D eigenvalue weighted by Gasteiger charge is -2.13. The molecule has 5 nitrogen and oxygen atoms in total. The quantitative estimate of drug-likeness (QED) is 0.547. The van der Waals surface area contributed by atoms with E-state index < -0.39 is 0 Å². The molecule has 1 heterocycles. The Bertz CT molecular complexity index is 1140. The normalized spacial score (nSPS) is 13.7. The monoisotopic (exact) mass is 419 g/mol. The molecule has 1 N–H and O–H groups in total. The zero-order chi connectivity index (χ0) is 22.0. The molecule has 0 fully saturated rings. The van der Waals surface area contributed by atoms with Crippen molar-refractivity contribution < 1.29 is 18.7 Å². The third-order valence-corrected chi connectivity index (χ3v) is 6.03. The fraction of sp³-hybridized carbons (Fsp3) is 0.346. The molecule has 1 aromatic heterocycles. The number of carbonyl (C=O) groups is 1. The largest absolute Gasteiger partial charge is 0.497 e. The number of carbonyl (C=O) groups excluding carboxylic acids is 1. The van der Waals surface area contributed by atoms with Gasteiger partial charge in [0.05, 0.1) is 14.2 Å². The third kappa shape index (κ3) is 4.18. The van der Waals surface area contributed by atoms with Crippen molar-refractivity contribution in [2.75, 3.05) is 14.2 Å². The van der Waals surface area contributed by atoms with E-state index in [1.165, 1.54) is 18.4 Å². The maximum absolute atomic E-state index is 12.6. The molecule has 0 atom stereocenters. The van der Waals surface area contributed by atoms with Crippen LogP contribution in [0, 0.1) is 6.92 Å². The SMILES string of the molecule is COc1ccc(CNC(=O)/C=C(\C)c2cc3c4c(oc3c(C)c2OC)CCCC4)cc1. The first-order valence-electron chi connectivity index (χ1n) is 10.7. The highest BCUT2D eigenvalue weighted by Crippen LogP contribution is 2.40. The zero-order valence-corrected chi connectivity index (χ0v) is 18.6. The van der Waals surface area contributed by atoms with E-state index in [-0.39, 0.29) is 5.91 Å². The molecule has 0 radical (unpaired) electrons. The van der Waals surface area contributed by atoms with Crippen LogP contribution < -0.4 is 14.8 Å². The lowest BCUT2D eigenvalue weighted by Crippen LogP contribution is -2.20. The Kier molecular flexibility index (Phi) is 6.03. The fourth-order valence-corrected chi connectivity index (χ4v) is 4.35. The molecule has 31 heavy (non-hydrogen) atoms. The van der Waals surface area contributed by atoms with Crippen LogP contribution in [-0.4, -0.2) is 20.1 Å². The Morgan fingerprint density at radius 3 is 2.58 bits per heavy atom. The third-order valence-electron chi connectivity index (χ3n) is 6.03. The van der Waals surface area contributed by atoms with Crippen LogP contribution >= 0.6 is 0 Å². The molecule has 0 spiro atoms. The summed E-state index contributed by atoms with van der Waals surface area (Å²) in [6, 6.07) is 9.78. The van der Waals surface area contributed by atoms with E-state index in [1.54, 1.807) is 20.3 Å². The molecule has 1 aliphatic carbocycles. The van der Waals surface area contributed by atoms with Crippen LogP contribution in [0.25, 0.3) is 16.5 Å². The first-order chi connectivity index (χ1) is 15.0. The van der Waals surface area contributed by atoms with Crippen molar-refractivity contribution in [3.63, 3.8) is 0 Å². The van der Waals surface area contributed by atoms with Gasteiger partial charge in [-0.05, 0) is 62.4 Å². The molecule has 1 amide bonds. The Balaban J connectivity index is 1.60. The minimum Gasteiger partial charge on any atom is -0.497 e. The number of aryl methyl sites for hydroxylation is 3. The standard InChI is InChI=1S/C26H29NO4/c1-16(13-24(28)27-15-18-9-11-19(29-3)12-10-18)21-14-22-20-7-5-6-8-23(20)31-26(22)17(2)25(21)30-4/h9-14H,5-8,15H2,1-4H3,(H,27,28)/b16-13+. The average molecular weight is 420 g/mol. The number of ether oxygens (including phenoxy) is 2. The Hall–Kier alpha value is -3.21. The number of rotatable bonds is 6. The van der Waals surface area contributed by atoms with Crippen LogP contribution in [0.2, 0.25) is 0 Å². The number of furan rings is 1. The number of amides is 1. The van der Waals surface area contributed by atoms with Gasteiger partial charge in [-0.3, -0.25) is 4.79 Å². The molecule has 2 aromatic carbocycles. The molecule has 0 unspecified atom stereocenters. The molecule has 162 valence electrons. The molecule has 0 bridgehead atoms. The molecule has 0 aliphatic heterocycles. The van der Waals surface area contributed by atoms with Gasteiger partial charge in [0, 0.05) is 41.1 Å².